The molecule has 2 aromatic heterocycles. The largest absolute Gasteiger partial charge is 0.360 e. The van der Waals surface area contributed by atoms with Crippen molar-refractivity contribution in [3.8, 4) is 0 Å². The van der Waals surface area contributed by atoms with Gasteiger partial charge < -0.3 is 4.52 Å². The number of hydrogen-bond acceptors (Lipinski definition) is 5. The summed E-state index contributed by atoms with van der Waals surface area (Å²) < 4.78 is 6.79. The number of aromatic nitrogens is 3. The van der Waals surface area contributed by atoms with Crippen LogP contribution in [0.25, 0.3) is 10.9 Å². The lowest BCUT2D eigenvalue weighted by Crippen LogP contribution is -2.41. The molecule has 0 unspecified atom stereocenters. The number of aryl methyl sites for hydroxylation is 2. The molecular formula is C18H26N4O2. The van der Waals surface area contributed by atoms with Gasteiger partial charge in [-0.15, -0.1) is 0 Å². The first-order chi connectivity index (χ1) is 11.6. The molecule has 6 nitrogen and oxygen atoms in total. The van der Waals surface area contributed by atoms with E-state index in [2.05, 4.69) is 15.2 Å². The minimum Gasteiger partial charge on any atom is -0.360 e. The van der Waals surface area contributed by atoms with Crippen molar-refractivity contribution in [1.29, 1.82) is 0 Å². The molecule has 0 N–H and O–H groups in total. The third-order valence-electron chi connectivity index (χ3n) is 5.86. The smallest absolute Gasteiger partial charge is 0.298 e. The van der Waals surface area contributed by atoms with Crippen molar-refractivity contribution in [3.63, 3.8) is 0 Å². The van der Waals surface area contributed by atoms with Crippen molar-refractivity contribution in [3.05, 3.63) is 21.8 Å². The predicted octanol–water partition coefficient (Wildman–Crippen LogP) is 3.00. The Bertz CT molecular complexity index is 788. The van der Waals surface area contributed by atoms with Crippen LogP contribution in [0.4, 0.5) is 0 Å². The standard InChI is InChI=1S/C18H26N4O2/c1-12-16-13(2)24-20-17(16)18(23)22(19-12)11-21-10-6-9-15(21)14-7-4-3-5-8-14/h14-15H,3-11H2,1-2H3/t15-/m0/s1. The van der Waals surface area contributed by atoms with Gasteiger partial charge in [0.25, 0.3) is 5.56 Å². The van der Waals surface area contributed by atoms with Crippen LogP contribution in [0.5, 0.6) is 0 Å². The quantitative estimate of drug-likeness (QED) is 0.865. The molecule has 0 bridgehead atoms. The third-order valence-corrected chi connectivity index (χ3v) is 5.86. The second-order valence-corrected chi connectivity index (χ2v) is 7.41. The van der Waals surface area contributed by atoms with E-state index in [1.807, 2.05) is 13.8 Å². The zero-order valence-electron chi connectivity index (χ0n) is 14.6. The Balaban J connectivity index is 1.61. The van der Waals surface area contributed by atoms with Crippen LogP contribution in [0.3, 0.4) is 0 Å². The number of rotatable bonds is 3. The lowest BCUT2D eigenvalue weighted by Gasteiger charge is -2.34. The molecule has 3 heterocycles. The summed E-state index contributed by atoms with van der Waals surface area (Å²) in [6.45, 7) is 5.38. The molecule has 2 aliphatic rings. The van der Waals surface area contributed by atoms with Crippen molar-refractivity contribution in [2.75, 3.05) is 6.54 Å². The van der Waals surface area contributed by atoms with Crippen molar-refractivity contribution < 1.29 is 4.52 Å². The third kappa shape index (κ3) is 2.66. The van der Waals surface area contributed by atoms with Gasteiger partial charge in [-0.05, 0) is 45.4 Å². The summed E-state index contributed by atoms with van der Waals surface area (Å²) >= 11 is 0. The minimum absolute atomic E-state index is 0.137. The van der Waals surface area contributed by atoms with Gasteiger partial charge in [-0.3, -0.25) is 9.69 Å². The Morgan fingerprint density at radius 1 is 1.12 bits per heavy atom. The van der Waals surface area contributed by atoms with Gasteiger partial charge in [0, 0.05) is 12.6 Å². The van der Waals surface area contributed by atoms with Crippen molar-refractivity contribution in [1.82, 2.24) is 19.8 Å². The molecule has 1 saturated heterocycles. The van der Waals surface area contributed by atoms with Gasteiger partial charge in [-0.25, -0.2) is 4.68 Å². The molecule has 0 radical (unpaired) electrons. The molecule has 4 rings (SSSR count). The van der Waals surface area contributed by atoms with Gasteiger partial charge in [0.15, 0.2) is 5.52 Å². The highest BCUT2D eigenvalue weighted by molar-refractivity contribution is 5.81. The van der Waals surface area contributed by atoms with E-state index in [1.54, 1.807) is 4.68 Å². The molecular weight excluding hydrogens is 304 g/mol. The molecule has 130 valence electrons. The van der Waals surface area contributed by atoms with Gasteiger partial charge in [0.05, 0.1) is 17.7 Å². The van der Waals surface area contributed by atoms with E-state index in [1.165, 1.54) is 44.9 Å². The fourth-order valence-corrected chi connectivity index (χ4v) is 4.69. The number of likely N-dealkylation sites (tertiary alicyclic amines) is 1. The summed E-state index contributed by atoms with van der Waals surface area (Å²) in [6.07, 6.45) is 9.25. The zero-order valence-corrected chi connectivity index (χ0v) is 14.6. The SMILES string of the molecule is Cc1nn(CN2CCC[C@H]2C2CCCCC2)c(=O)c2noc(C)c12. The molecule has 1 aliphatic carbocycles. The lowest BCUT2D eigenvalue weighted by atomic mass is 9.83. The molecule has 0 aromatic carbocycles. The fourth-order valence-electron chi connectivity index (χ4n) is 4.69. The maximum Gasteiger partial charge on any atom is 0.298 e. The van der Waals surface area contributed by atoms with Crippen LogP contribution in [0.2, 0.25) is 0 Å². The lowest BCUT2D eigenvalue weighted by molar-refractivity contribution is 0.118. The number of hydrogen-bond donors (Lipinski definition) is 0. The summed E-state index contributed by atoms with van der Waals surface area (Å²) in [4.78, 5) is 15.2. The van der Waals surface area contributed by atoms with Crippen LogP contribution in [0, 0.1) is 19.8 Å². The van der Waals surface area contributed by atoms with E-state index in [4.69, 9.17) is 4.52 Å². The maximum absolute atomic E-state index is 12.7. The zero-order chi connectivity index (χ0) is 16.7. The summed E-state index contributed by atoms with van der Waals surface area (Å²) in [5.41, 5.74) is 1.09. The van der Waals surface area contributed by atoms with E-state index < -0.39 is 0 Å². The second kappa shape index (κ2) is 6.31. The van der Waals surface area contributed by atoms with E-state index >= 15 is 0 Å². The Morgan fingerprint density at radius 2 is 1.92 bits per heavy atom. The summed E-state index contributed by atoms with van der Waals surface area (Å²) in [6, 6.07) is 0.606. The van der Waals surface area contributed by atoms with E-state index in [0.29, 0.717) is 24.0 Å². The maximum atomic E-state index is 12.7. The highest BCUT2D eigenvalue weighted by atomic mass is 16.5. The van der Waals surface area contributed by atoms with E-state index in [-0.39, 0.29) is 5.56 Å². The van der Waals surface area contributed by atoms with Crippen LogP contribution >= 0.6 is 0 Å². The topological polar surface area (TPSA) is 64.2 Å². The Kier molecular flexibility index (Phi) is 4.16. The number of fused-ring (bicyclic) bond motifs is 1. The van der Waals surface area contributed by atoms with Crippen LogP contribution in [-0.4, -0.2) is 32.4 Å². The van der Waals surface area contributed by atoms with Crippen molar-refractivity contribution >= 4 is 10.9 Å². The molecule has 24 heavy (non-hydrogen) atoms. The molecule has 0 amide bonds. The Morgan fingerprint density at radius 3 is 2.71 bits per heavy atom. The highest BCUT2D eigenvalue weighted by Crippen LogP contribution is 2.34. The van der Waals surface area contributed by atoms with Crippen LogP contribution in [0.1, 0.15) is 56.4 Å². The summed E-state index contributed by atoms with van der Waals surface area (Å²) in [7, 11) is 0. The van der Waals surface area contributed by atoms with Crippen LogP contribution in [0.15, 0.2) is 9.32 Å². The van der Waals surface area contributed by atoms with Crippen LogP contribution in [-0.2, 0) is 6.67 Å². The van der Waals surface area contributed by atoms with Crippen molar-refractivity contribution in [2.24, 2.45) is 5.92 Å². The molecule has 1 atom stereocenters. The molecule has 6 heteroatoms. The first kappa shape index (κ1) is 15.8. The predicted molar refractivity (Wildman–Crippen MR) is 91.8 cm³/mol. The highest BCUT2D eigenvalue weighted by Gasteiger charge is 2.33. The minimum atomic E-state index is -0.137. The molecule has 2 aromatic rings. The molecule has 0 spiro atoms. The van der Waals surface area contributed by atoms with E-state index in [9.17, 15) is 4.79 Å². The first-order valence-corrected chi connectivity index (χ1v) is 9.23. The van der Waals surface area contributed by atoms with Gasteiger partial charge in [0.2, 0.25) is 0 Å². The van der Waals surface area contributed by atoms with Crippen molar-refractivity contribution in [2.45, 2.75) is 71.5 Å². The molecule has 1 saturated carbocycles. The molecule has 2 fully saturated rings. The average Bonchev–Trinajstić information content (AvgIpc) is 3.20. The van der Waals surface area contributed by atoms with Gasteiger partial charge in [0.1, 0.15) is 5.76 Å². The van der Waals surface area contributed by atoms with Gasteiger partial charge in [-0.2, -0.15) is 5.10 Å². The molecule has 1 aliphatic heterocycles. The normalized spacial score (nSPS) is 23.3. The summed E-state index contributed by atoms with van der Waals surface area (Å²) in [5, 5.41) is 9.26. The monoisotopic (exact) mass is 330 g/mol. The Labute approximate surface area is 141 Å². The average molecular weight is 330 g/mol. The van der Waals surface area contributed by atoms with Gasteiger partial charge in [-0.1, -0.05) is 24.4 Å². The second-order valence-electron chi connectivity index (χ2n) is 7.41. The van der Waals surface area contributed by atoms with E-state index in [0.717, 1.165) is 23.5 Å². The summed E-state index contributed by atoms with van der Waals surface area (Å²) in [5.74, 6) is 1.46. The fraction of sp³-hybridized carbons (Fsp3) is 0.722. The van der Waals surface area contributed by atoms with Crippen LogP contribution < -0.4 is 5.56 Å². The first-order valence-electron chi connectivity index (χ1n) is 9.23. The van der Waals surface area contributed by atoms with Gasteiger partial charge >= 0.3 is 0 Å². The number of nitrogens with zero attached hydrogens (tertiary/aromatic N) is 4. The Hall–Kier alpha value is -1.69.